The first-order valence-electron chi connectivity index (χ1n) is 13.0. The van der Waals surface area contributed by atoms with Crippen LogP contribution in [0.3, 0.4) is 0 Å². The van der Waals surface area contributed by atoms with Crippen LogP contribution < -0.4 is 15.6 Å². The normalized spacial score (nSPS) is 18.1. The van der Waals surface area contributed by atoms with Gasteiger partial charge in [0.15, 0.2) is 11.6 Å². The Hall–Kier alpha value is -4.62. The molecule has 2 atom stereocenters. The van der Waals surface area contributed by atoms with Gasteiger partial charge in [-0.05, 0) is 47.5 Å². The Bertz CT molecular complexity index is 1380. The summed E-state index contributed by atoms with van der Waals surface area (Å²) in [7, 11) is 0. The average molecular weight is 522 g/mol. The number of aliphatic hydroxyl groups is 1. The molecular weight excluding hydrogens is 490 g/mol. The van der Waals surface area contributed by atoms with Crippen LogP contribution in [0.4, 0.5) is 5.69 Å². The number of amides is 1. The first kappa shape index (κ1) is 26.0. The molecule has 0 spiro atoms. The van der Waals surface area contributed by atoms with E-state index in [4.69, 9.17) is 19.6 Å². The fourth-order valence-corrected chi connectivity index (χ4v) is 4.58. The Labute approximate surface area is 228 Å². The van der Waals surface area contributed by atoms with E-state index in [-0.39, 0.29) is 12.5 Å². The van der Waals surface area contributed by atoms with Gasteiger partial charge in [-0.2, -0.15) is 0 Å². The molecule has 5 rings (SSSR count). The summed E-state index contributed by atoms with van der Waals surface area (Å²) >= 11 is 0. The number of nitrogens with zero attached hydrogens (tertiary/aromatic N) is 1. The lowest BCUT2D eigenvalue weighted by Gasteiger charge is -2.31. The predicted molar refractivity (Wildman–Crippen MR) is 152 cm³/mol. The summed E-state index contributed by atoms with van der Waals surface area (Å²) in [5.74, 6) is 0.769. The number of hydrogen-bond donors (Lipinski definition) is 3. The van der Waals surface area contributed by atoms with Crippen molar-refractivity contribution in [3.05, 3.63) is 132 Å². The zero-order chi connectivity index (χ0) is 26.9. The first-order chi connectivity index (χ1) is 19.2. The number of nitrogens with one attached hydrogen (secondary N) is 2. The molecule has 4 aromatic carbocycles. The molecule has 7 nitrogen and oxygen atoms in total. The zero-order valence-electron chi connectivity index (χ0n) is 21.5. The van der Waals surface area contributed by atoms with E-state index >= 15 is 0 Å². The van der Waals surface area contributed by atoms with Gasteiger partial charge in [-0.1, -0.05) is 78.9 Å². The molecule has 1 aliphatic heterocycles. The van der Waals surface area contributed by atoms with E-state index in [9.17, 15) is 4.79 Å². The number of aliphatic imine (C=N–C) groups is 1. The molecule has 198 valence electrons. The molecule has 0 bridgehead atoms. The van der Waals surface area contributed by atoms with Crippen LogP contribution in [0.15, 0.2) is 120 Å². The molecule has 0 fully saturated rings. The third-order valence-electron chi connectivity index (χ3n) is 6.54. The third kappa shape index (κ3) is 6.10. The van der Waals surface area contributed by atoms with Crippen molar-refractivity contribution in [3.8, 4) is 5.75 Å². The van der Waals surface area contributed by atoms with Gasteiger partial charge in [0, 0.05) is 25.0 Å². The molecule has 0 saturated heterocycles. The van der Waals surface area contributed by atoms with Gasteiger partial charge in [0.1, 0.15) is 5.75 Å². The second-order valence-corrected chi connectivity index (χ2v) is 9.31. The fraction of sp³-hybridized carbons (Fsp3) is 0.188. The first-order valence-corrected chi connectivity index (χ1v) is 13.0. The topological polar surface area (TPSA) is 92.2 Å². The lowest BCUT2D eigenvalue weighted by Crippen LogP contribution is -2.51. The SMILES string of the molecule is O=C(NNc1ccccc1)[C@@]1(Cc2ccccc2)N=C(c2ccc(OCCCO)cc2)O[C@H]1c1ccccc1. The van der Waals surface area contributed by atoms with Crippen molar-refractivity contribution >= 4 is 17.5 Å². The third-order valence-corrected chi connectivity index (χ3v) is 6.54. The van der Waals surface area contributed by atoms with Crippen molar-refractivity contribution in [2.45, 2.75) is 24.5 Å². The summed E-state index contributed by atoms with van der Waals surface area (Å²) in [6, 6.07) is 36.4. The molecule has 7 heteroatoms. The Balaban J connectivity index is 1.52. The molecule has 0 unspecified atom stereocenters. The standard InChI is InChI=1S/C32H31N3O4/c36-21-10-22-38-28-19-17-26(18-20-28)30-33-32(23-24-11-4-1-5-12-24,29(39-30)25-13-6-2-7-14-25)31(37)35-34-27-15-8-3-9-16-27/h1-9,11-20,29,34,36H,10,21-23H2,(H,35,37)/t29-,32-/m0/s1. The average Bonchev–Trinajstić information content (AvgIpc) is 3.38. The number of rotatable bonds is 11. The molecule has 3 N–H and O–H groups in total. The van der Waals surface area contributed by atoms with E-state index < -0.39 is 11.6 Å². The van der Waals surface area contributed by atoms with E-state index in [2.05, 4.69) is 10.9 Å². The monoisotopic (exact) mass is 521 g/mol. The van der Waals surface area contributed by atoms with E-state index in [0.717, 1.165) is 22.4 Å². The molecule has 1 heterocycles. The Morgan fingerprint density at radius 3 is 2.18 bits per heavy atom. The van der Waals surface area contributed by atoms with Crippen LogP contribution in [-0.2, 0) is 16.0 Å². The molecule has 0 radical (unpaired) electrons. The fourth-order valence-electron chi connectivity index (χ4n) is 4.58. The Morgan fingerprint density at radius 2 is 1.51 bits per heavy atom. The molecule has 1 amide bonds. The minimum Gasteiger partial charge on any atom is -0.494 e. The summed E-state index contributed by atoms with van der Waals surface area (Å²) in [6.07, 6.45) is 0.235. The van der Waals surface area contributed by atoms with Gasteiger partial charge in [0.25, 0.3) is 5.91 Å². The summed E-state index contributed by atoms with van der Waals surface area (Å²) in [5.41, 5.74) is 7.97. The number of carbonyl (C=O) groups is 1. The van der Waals surface area contributed by atoms with Crippen LogP contribution in [0.25, 0.3) is 0 Å². The zero-order valence-corrected chi connectivity index (χ0v) is 21.5. The number of hydrogen-bond acceptors (Lipinski definition) is 6. The van der Waals surface area contributed by atoms with Crippen molar-refractivity contribution in [2.24, 2.45) is 4.99 Å². The highest BCUT2D eigenvalue weighted by Crippen LogP contribution is 2.42. The highest BCUT2D eigenvalue weighted by molar-refractivity contribution is 6.01. The van der Waals surface area contributed by atoms with Crippen molar-refractivity contribution in [1.82, 2.24) is 5.43 Å². The van der Waals surface area contributed by atoms with Crippen LogP contribution in [0.2, 0.25) is 0 Å². The number of benzene rings is 4. The van der Waals surface area contributed by atoms with Crippen molar-refractivity contribution in [2.75, 3.05) is 18.6 Å². The lowest BCUT2D eigenvalue weighted by molar-refractivity contribution is -0.128. The smallest absolute Gasteiger partial charge is 0.270 e. The van der Waals surface area contributed by atoms with Crippen LogP contribution in [0, 0.1) is 0 Å². The van der Waals surface area contributed by atoms with Gasteiger partial charge in [-0.15, -0.1) is 0 Å². The molecule has 0 aromatic heterocycles. The quantitative estimate of drug-likeness (QED) is 0.189. The van der Waals surface area contributed by atoms with Gasteiger partial charge in [0.2, 0.25) is 5.90 Å². The van der Waals surface area contributed by atoms with Gasteiger partial charge in [-0.25, -0.2) is 4.99 Å². The van der Waals surface area contributed by atoms with Crippen molar-refractivity contribution in [3.63, 3.8) is 0 Å². The van der Waals surface area contributed by atoms with Gasteiger partial charge >= 0.3 is 0 Å². The Morgan fingerprint density at radius 1 is 0.872 bits per heavy atom. The summed E-state index contributed by atoms with van der Waals surface area (Å²) in [5, 5.41) is 9.00. The highest BCUT2D eigenvalue weighted by Gasteiger charge is 2.53. The minimum absolute atomic E-state index is 0.0777. The number of ether oxygens (including phenoxy) is 2. The van der Waals surface area contributed by atoms with E-state index in [1.807, 2.05) is 115 Å². The maximum atomic E-state index is 14.1. The van der Waals surface area contributed by atoms with Crippen LogP contribution in [-0.4, -0.2) is 35.7 Å². The molecule has 0 saturated carbocycles. The van der Waals surface area contributed by atoms with Crippen molar-refractivity contribution in [1.29, 1.82) is 0 Å². The predicted octanol–water partition coefficient (Wildman–Crippen LogP) is 5.09. The van der Waals surface area contributed by atoms with Gasteiger partial charge in [-0.3, -0.25) is 15.6 Å². The number of anilines is 1. The lowest BCUT2D eigenvalue weighted by atomic mass is 9.82. The van der Waals surface area contributed by atoms with E-state index in [1.54, 1.807) is 0 Å². The molecular formula is C32H31N3O4. The number of para-hydroxylation sites is 1. The number of aliphatic hydroxyl groups excluding tert-OH is 1. The van der Waals surface area contributed by atoms with E-state index in [1.165, 1.54) is 0 Å². The highest BCUT2D eigenvalue weighted by atomic mass is 16.5. The summed E-state index contributed by atoms with van der Waals surface area (Å²) < 4.78 is 12.2. The number of hydrazine groups is 1. The van der Waals surface area contributed by atoms with Gasteiger partial charge < -0.3 is 14.6 Å². The molecule has 4 aromatic rings. The van der Waals surface area contributed by atoms with Gasteiger partial charge in [0.05, 0.1) is 12.3 Å². The van der Waals surface area contributed by atoms with Crippen LogP contribution in [0.5, 0.6) is 5.75 Å². The van der Waals surface area contributed by atoms with E-state index in [0.29, 0.717) is 31.1 Å². The maximum Gasteiger partial charge on any atom is 0.270 e. The second-order valence-electron chi connectivity index (χ2n) is 9.31. The summed E-state index contributed by atoms with van der Waals surface area (Å²) in [6.45, 7) is 0.506. The van der Waals surface area contributed by atoms with Crippen LogP contribution in [0.1, 0.15) is 29.2 Å². The van der Waals surface area contributed by atoms with Crippen LogP contribution >= 0.6 is 0 Å². The maximum absolute atomic E-state index is 14.1. The molecule has 39 heavy (non-hydrogen) atoms. The molecule has 0 aliphatic carbocycles. The minimum atomic E-state index is -1.28. The summed E-state index contributed by atoms with van der Waals surface area (Å²) in [4.78, 5) is 19.1. The molecule has 1 aliphatic rings. The number of carbonyl (C=O) groups excluding carboxylic acids is 1. The van der Waals surface area contributed by atoms with Crippen molar-refractivity contribution < 1.29 is 19.4 Å². The Kier molecular flexibility index (Phi) is 8.19. The largest absolute Gasteiger partial charge is 0.494 e. The second kappa shape index (κ2) is 12.3.